The molecule has 7 nitrogen and oxygen atoms in total. The van der Waals surface area contributed by atoms with Crippen molar-refractivity contribution in [2.24, 2.45) is 0 Å². The molecule has 0 fully saturated rings. The van der Waals surface area contributed by atoms with Crippen LogP contribution in [-0.4, -0.2) is 48.8 Å². The second kappa shape index (κ2) is 14.0. The van der Waals surface area contributed by atoms with Gasteiger partial charge in [-0.05, 0) is 66.6 Å². The number of aryl methyl sites for hydroxylation is 1. The lowest BCUT2D eigenvalue weighted by molar-refractivity contribution is 0.000875. The average Bonchev–Trinajstić information content (AvgIpc) is 3.49. The molecule has 0 aliphatic carbocycles. The van der Waals surface area contributed by atoms with Gasteiger partial charge >= 0.3 is 0 Å². The third-order valence-electron chi connectivity index (χ3n) is 6.63. The molecule has 7 heteroatoms. The molecule has 4 rings (SSSR count). The van der Waals surface area contributed by atoms with Crippen LogP contribution in [0.4, 0.5) is 0 Å². The molecule has 1 aromatic heterocycles. The second-order valence-electron chi connectivity index (χ2n) is 10.3. The predicted octanol–water partition coefficient (Wildman–Crippen LogP) is 5.69. The summed E-state index contributed by atoms with van der Waals surface area (Å²) in [5.41, 5.74) is 3.16. The normalized spacial score (nSPS) is 13.0. The maximum atomic E-state index is 10.2. The van der Waals surface area contributed by atoms with E-state index in [4.69, 9.17) is 23.4 Å². The molecule has 0 radical (unpaired) electrons. The van der Waals surface area contributed by atoms with Gasteiger partial charge in [-0.2, -0.15) is 0 Å². The number of rotatable bonds is 15. The highest BCUT2D eigenvalue weighted by molar-refractivity contribution is 5.41. The third kappa shape index (κ3) is 8.61. The third-order valence-corrected chi connectivity index (χ3v) is 6.63. The fourth-order valence-electron chi connectivity index (χ4n) is 4.10. The standard InChI is InChI=1S/C33H38O7/c1-24-6-12-29(13-7-24)39-21-28(35)22-40-31-16-10-26(11-17-31)33(2,3)25-8-14-30(15-9-25)38-20-27(34)19-36-23-32-5-4-18-37-32/h4-18,27-28,34-35H,19-23H2,1-3H3. The van der Waals surface area contributed by atoms with Gasteiger partial charge in [-0.3, -0.25) is 0 Å². The summed E-state index contributed by atoms with van der Waals surface area (Å²) in [5, 5.41) is 20.4. The van der Waals surface area contributed by atoms with Crippen molar-refractivity contribution in [3.05, 3.63) is 114 Å². The van der Waals surface area contributed by atoms with E-state index in [-0.39, 0.29) is 31.8 Å². The van der Waals surface area contributed by atoms with E-state index >= 15 is 0 Å². The maximum absolute atomic E-state index is 10.2. The van der Waals surface area contributed by atoms with Crippen molar-refractivity contribution < 1.29 is 33.6 Å². The van der Waals surface area contributed by atoms with Crippen molar-refractivity contribution in [2.45, 2.75) is 45.0 Å². The molecule has 3 aromatic carbocycles. The second-order valence-corrected chi connectivity index (χ2v) is 10.3. The Balaban J connectivity index is 1.21. The van der Waals surface area contributed by atoms with Crippen LogP contribution in [0, 0.1) is 6.92 Å². The first-order chi connectivity index (χ1) is 19.3. The number of benzene rings is 3. The van der Waals surface area contributed by atoms with E-state index in [9.17, 15) is 10.2 Å². The van der Waals surface area contributed by atoms with E-state index in [0.717, 1.165) is 22.4 Å². The van der Waals surface area contributed by atoms with Crippen LogP contribution >= 0.6 is 0 Å². The van der Waals surface area contributed by atoms with Crippen molar-refractivity contribution in [3.63, 3.8) is 0 Å². The molecule has 0 spiro atoms. The lowest BCUT2D eigenvalue weighted by atomic mass is 9.78. The largest absolute Gasteiger partial charge is 0.491 e. The molecule has 0 bridgehead atoms. The zero-order valence-corrected chi connectivity index (χ0v) is 23.3. The molecule has 0 aliphatic heterocycles. The molecule has 40 heavy (non-hydrogen) atoms. The maximum Gasteiger partial charge on any atom is 0.129 e. The molecular weight excluding hydrogens is 508 g/mol. The summed E-state index contributed by atoms with van der Waals surface area (Å²) in [6.45, 7) is 7.23. The van der Waals surface area contributed by atoms with Gasteiger partial charge in [0.2, 0.25) is 0 Å². The summed E-state index contributed by atoms with van der Waals surface area (Å²) >= 11 is 0. The van der Waals surface area contributed by atoms with Crippen LogP contribution in [0.3, 0.4) is 0 Å². The van der Waals surface area contributed by atoms with Crippen molar-refractivity contribution in [1.29, 1.82) is 0 Å². The van der Waals surface area contributed by atoms with Gasteiger partial charge in [0.1, 0.15) is 61.6 Å². The molecule has 212 valence electrons. The number of hydrogen-bond acceptors (Lipinski definition) is 7. The van der Waals surface area contributed by atoms with Gasteiger partial charge < -0.3 is 33.6 Å². The first kappa shape index (κ1) is 29.2. The minimum Gasteiger partial charge on any atom is -0.491 e. The van der Waals surface area contributed by atoms with Gasteiger partial charge in [-0.25, -0.2) is 0 Å². The van der Waals surface area contributed by atoms with Gasteiger partial charge in [-0.15, -0.1) is 0 Å². The van der Waals surface area contributed by atoms with Crippen molar-refractivity contribution in [3.8, 4) is 17.2 Å². The van der Waals surface area contributed by atoms with Crippen molar-refractivity contribution in [1.82, 2.24) is 0 Å². The van der Waals surface area contributed by atoms with Gasteiger partial charge in [-0.1, -0.05) is 55.8 Å². The number of aliphatic hydroxyl groups is 2. The number of aliphatic hydroxyl groups excluding tert-OH is 2. The van der Waals surface area contributed by atoms with Gasteiger partial charge in [0.15, 0.2) is 0 Å². The molecule has 0 saturated heterocycles. The lowest BCUT2D eigenvalue weighted by Crippen LogP contribution is -2.25. The Morgan fingerprint density at radius 2 is 1.10 bits per heavy atom. The molecule has 0 aliphatic rings. The molecular formula is C33H38O7. The molecule has 2 atom stereocenters. The number of furan rings is 1. The summed E-state index contributed by atoms with van der Waals surface area (Å²) in [6, 6.07) is 27.1. The highest BCUT2D eigenvalue weighted by atomic mass is 16.5. The van der Waals surface area contributed by atoms with Crippen LogP contribution < -0.4 is 14.2 Å². The Morgan fingerprint density at radius 3 is 1.55 bits per heavy atom. The van der Waals surface area contributed by atoms with Crippen molar-refractivity contribution in [2.75, 3.05) is 26.4 Å². The SMILES string of the molecule is Cc1ccc(OCC(O)COc2ccc(C(C)(C)c3ccc(OCC(O)COCc4ccco4)cc3)cc2)cc1. The first-order valence-electron chi connectivity index (χ1n) is 13.4. The fourth-order valence-corrected chi connectivity index (χ4v) is 4.10. The molecule has 0 amide bonds. The van der Waals surface area contributed by atoms with E-state index in [2.05, 4.69) is 13.8 Å². The van der Waals surface area contributed by atoms with Crippen LogP contribution in [0.15, 0.2) is 95.6 Å². The fraction of sp³-hybridized carbons (Fsp3) is 0.333. The number of hydrogen-bond donors (Lipinski definition) is 2. The topological polar surface area (TPSA) is 90.5 Å². The zero-order valence-electron chi connectivity index (χ0n) is 23.3. The van der Waals surface area contributed by atoms with E-state index in [1.807, 2.05) is 85.8 Å². The minimum atomic E-state index is -0.742. The molecule has 0 saturated carbocycles. The summed E-state index contributed by atoms with van der Waals surface area (Å²) in [6.07, 6.45) is 0.105. The van der Waals surface area contributed by atoms with Crippen LogP contribution in [0.1, 0.15) is 36.3 Å². The highest BCUT2D eigenvalue weighted by Gasteiger charge is 2.23. The van der Waals surface area contributed by atoms with E-state index in [1.54, 1.807) is 12.3 Å². The summed E-state index contributed by atoms with van der Waals surface area (Å²) in [5.74, 6) is 2.80. The molecule has 4 aromatic rings. The highest BCUT2D eigenvalue weighted by Crippen LogP contribution is 2.33. The van der Waals surface area contributed by atoms with Gasteiger partial charge in [0.25, 0.3) is 0 Å². The summed E-state index contributed by atoms with van der Waals surface area (Å²) in [4.78, 5) is 0. The molecule has 2 unspecified atom stereocenters. The lowest BCUT2D eigenvalue weighted by Gasteiger charge is -2.26. The van der Waals surface area contributed by atoms with Crippen LogP contribution in [0.5, 0.6) is 17.2 Å². The number of ether oxygens (including phenoxy) is 4. The Morgan fingerprint density at radius 1 is 0.650 bits per heavy atom. The van der Waals surface area contributed by atoms with E-state index < -0.39 is 12.2 Å². The average molecular weight is 547 g/mol. The van der Waals surface area contributed by atoms with Gasteiger partial charge in [0.05, 0.1) is 12.9 Å². The Labute approximate surface area is 235 Å². The molecule has 1 heterocycles. The van der Waals surface area contributed by atoms with Crippen LogP contribution in [0.2, 0.25) is 0 Å². The summed E-state index contributed by atoms with van der Waals surface area (Å²) in [7, 11) is 0. The summed E-state index contributed by atoms with van der Waals surface area (Å²) < 4.78 is 27.8. The minimum absolute atomic E-state index is 0.134. The first-order valence-corrected chi connectivity index (χ1v) is 13.4. The van der Waals surface area contributed by atoms with E-state index in [0.29, 0.717) is 23.9 Å². The van der Waals surface area contributed by atoms with Crippen LogP contribution in [0.25, 0.3) is 0 Å². The molecule has 2 N–H and O–H groups in total. The monoisotopic (exact) mass is 546 g/mol. The van der Waals surface area contributed by atoms with Gasteiger partial charge in [0, 0.05) is 5.41 Å². The zero-order chi connectivity index (χ0) is 28.4. The van der Waals surface area contributed by atoms with E-state index in [1.165, 1.54) is 0 Å². The van der Waals surface area contributed by atoms with Crippen molar-refractivity contribution >= 4 is 0 Å². The predicted molar refractivity (Wildman–Crippen MR) is 153 cm³/mol. The quantitative estimate of drug-likeness (QED) is 0.198. The van der Waals surface area contributed by atoms with Crippen LogP contribution in [-0.2, 0) is 16.8 Å². The smallest absolute Gasteiger partial charge is 0.129 e. The Kier molecular flexibility index (Phi) is 10.2. The Bertz CT molecular complexity index is 1260. The Hall–Kier alpha value is -3.78.